The first kappa shape index (κ1) is 38.2. The smallest absolute Gasteiger partial charge is 0.222 e. The van der Waals surface area contributed by atoms with Gasteiger partial charge in [0.2, 0.25) is 5.79 Å². The molecule has 0 radical (unpaired) electrons. The summed E-state index contributed by atoms with van der Waals surface area (Å²) in [5.41, 5.74) is 8.14. The average molecular weight is 735 g/mol. The molecule has 7 rings (SSSR count). The van der Waals surface area contributed by atoms with E-state index in [-0.39, 0.29) is 6.61 Å². The minimum atomic E-state index is -1.88. The largest absolute Gasteiger partial charge is 0.497 e. The van der Waals surface area contributed by atoms with Crippen LogP contribution in [0, 0.1) is 6.92 Å². The van der Waals surface area contributed by atoms with E-state index >= 15 is 0 Å². The highest BCUT2D eigenvalue weighted by Gasteiger charge is 2.57. The number of aliphatic hydroxyl groups is 1. The molecule has 0 aliphatic carbocycles. The average Bonchev–Trinajstić information content (AvgIpc) is 3.24. The van der Waals surface area contributed by atoms with E-state index in [9.17, 15) is 5.11 Å². The molecule has 0 aromatic heterocycles. The Labute approximate surface area is 325 Å². The summed E-state index contributed by atoms with van der Waals surface area (Å²) in [6, 6.07) is 54.8. The molecule has 1 saturated heterocycles. The summed E-state index contributed by atoms with van der Waals surface area (Å²) in [5, 5.41) is 13.3. The molecule has 1 aliphatic rings. The Balaban J connectivity index is 1.30. The lowest BCUT2D eigenvalue weighted by atomic mass is 9.84. The molecule has 1 aliphatic heterocycles. The Hall–Kier alpha value is -5.08. The molecule has 55 heavy (non-hydrogen) atoms. The standard InChI is InChI=1S/C49H50O6/c1-36-23-27-43(32-42(36)31-38-24-28-44(51-2)29-25-38)49(50)48(54-35-41-21-13-6-14-22-41)47(53-34-40-19-11-5-12-20-40)46(52-33-39-17-9-4-10-18-39)45(55-49)30-26-37-15-7-3-8-16-37/h3-25,27-29,32,45-48,50H,26,30-31,33-35H2,1-2H3. The van der Waals surface area contributed by atoms with Crippen LogP contribution in [0.15, 0.2) is 164 Å². The molecule has 0 saturated carbocycles. The lowest BCUT2D eigenvalue weighted by Gasteiger charge is -2.50. The van der Waals surface area contributed by atoms with Gasteiger partial charge >= 0.3 is 0 Å². The molecule has 0 spiro atoms. The van der Waals surface area contributed by atoms with Gasteiger partial charge in [0.05, 0.1) is 33.0 Å². The third kappa shape index (κ3) is 9.78. The molecule has 5 unspecified atom stereocenters. The van der Waals surface area contributed by atoms with Gasteiger partial charge in [0, 0.05) is 5.56 Å². The summed E-state index contributed by atoms with van der Waals surface area (Å²) >= 11 is 0. The molecule has 6 aromatic carbocycles. The summed E-state index contributed by atoms with van der Waals surface area (Å²) in [4.78, 5) is 0. The zero-order chi connectivity index (χ0) is 37.9. The van der Waals surface area contributed by atoms with E-state index in [4.69, 9.17) is 23.7 Å². The molecular weight excluding hydrogens is 685 g/mol. The van der Waals surface area contributed by atoms with Gasteiger partial charge in [0.15, 0.2) is 0 Å². The Morgan fingerprint density at radius 2 is 1.07 bits per heavy atom. The minimum Gasteiger partial charge on any atom is -0.497 e. The quantitative estimate of drug-likeness (QED) is 0.107. The van der Waals surface area contributed by atoms with Crippen LogP contribution in [-0.4, -0.2) is 36.6 Å². The van der Waals surface area contributed by atoms with E-state index in [2.05, 4.69) is 55.5 Å². The first-order valence-electron chi connectivity index (χ1n) is 19.1. The van der Waals surface area contributed by atoms with Crippen LogP contribution >= 0.6 is 0 Å². The van der Waals surface area contributed by atoms with Gasteiger partial charge in [-0.15, -0.1) is 0 Å². The number of methoxy groups -OCH3 is 1. The summed E-state index contributed by atoms with van der Waals surface area (Å²) in [7, 11) is 1.67. The van der Waals surface area contributed by atoms with Gasteiger partial charge in [0.1, 0.15) is 24.1 Å². The maximum atomic E-state index is 13.3. The molecule has 6 heteroatoms. The highest BCUT2D eigenvalue weighted by atomic mass is 16.7. The van der Waals surface area contributed by atoms with E-state index < -0.39 is 30.2 Å². The fraction of sp³-hybridized carbons (Fsp3) is 0.265. The van der Waals surface area contributed by atoms with Crippen molar-refractivity contribution in [2.24, 2.45) is 0 Å². The van der Waals surface area contributed by atoms with Crippen LogP contribution in [-0.2, 0) is 57.4 Å². The molecule has 1 N–H and O–H groups in total. The van der Waals surface area contributed by atoms with Crippen LogP contribution in [0.25, 0.3) is 0 Å². The van der Waals surface area contributed by atoms with E-state index in [1.54, 1.807) is 7.11 Å². The highest BCUT2D eigenvalue weighted by molar-refractivity contribution is 5.39. The molecule has 282 valence electrons. The van der Waals surface area contributed by atoms with Crippen molar-refractivity contribution in [3.63, 3.8) is 0 Å². The van der Waals surface area contributed by atoms with Gasteiger partial charge in [-0.2, -0.15) is 0 Å². The normalized spacial score (nSPS) is 20.9. The van der Waals surface area contributed by atoms with Crippen molar-refractivity contribution < 1.29 is 28.8 Å². The molecular formula is C49H50O6. The fourth-order valence-corrected chi connectivity index (χ4v) is 7.31. The zero-order valence-corrected chi connectivity index (χ0v) is 31.6. The monoisotopic (exact) mass is 734 g/mol. The zero-order valence-electron chi connectivity index (χ0n) is 31.6. The Bertz CT molecular complexity index is 2040. The lowest BCUT2D eigenvalue weighted by molar-refractivity contribution is -0.375. The van der Waals surface area contributed by atoms with Gasteiger partial charge in [-0.25, -0.2) is 0 Å². The lowest BCUT2D eigenvalue weighted by Crippen LogP contribution is -2.65. The Kier molecular flexibility index (Phi) is 12.9. The molecule has 5 atom stereocenters. The van der Waals surface area contributed by atoms with Crippen molar-refractivity contribution in [2.75, 3.05) is 7.11 Å². The van der Waals surface area contributed by atoms with E-state index in [1.807, 2.05) is 115 Å². The van der Waals surface area contributed by atoms with Gasteiger partial charge in [-0.05, 0) is 83.3 Å². The van der Waals surface area contributed by atoms with Gasteiger partial charge in [0.25, 0.3) is 0 Å². The van der Waals surface area contributed by atoms with Crippen molar-refractivity contribution in [1.29, 1.82) is 0 Å². The topological polar surface area (TPSA) is 66.4 Å². The number of hydrogen-bond acceptors (Lipinski definition) is 6. The van der Waals surface area contributed by atoms with E-state index in [0.717, 1.165) is 45.6 Å². The van der Waals surface area contributed by atoms with Crippen LogP contribution in [0.3, 0.4) is 0 Å². The van der Waals surface area contributed by atoms with Crippen molar-refractivity contribution in [3.8, 4) is 5.75 Å². The first-order valence-corrected chi connectivity index (χ1v) is 19.1. The summed E-state index contributed by atoms with van der Waals surface area (Å²) in [5.74, 6) is -1.07. The molecule has 6 nitrogen and oxygen atoms in total. The van der Waals surface area contributed by atoms with E-state index in [1.165, 1.54) is 5.56 Å². The van der Waals surface area contributed by atoms with Gasteiger partial charge in [-0.1, -0.05) is 146 Å². The highest BCUT2D eigenvalue weighted by Crippen LogP contribution is 2.43. The summed E-state index contributed by atoms with van der Waals surface area (Å²) < 4.78 is 33.1. The van der Waals surface area contributed by atoms with Crippen LogP contribution in [0.4, 0.5) is 0 Å². The number of benzene rings is 6. The van der Waals surface area contributed by atoms with Crippen LogP contribution in [0.1, 0.15) is 50.9 Å². The fourth-order valence-electron chi connectivity index (χ4n) is 7.31. The molecule has 1 heterocycles. The number of ether oxygens (including phenoxy) is 5. The van der Waals surface area contributed by atoms with Crippen molar-refractivity contribution in [3.05, 3.63) is 208 Å². The number of rotatable bonds is 16. The Morgan fingerprint density at radius 1 is 0.564 bits per heavy atom. The number of aryl methyl sites for hydroxylation is 2. The third-order valence-electron chi connectivity index (χ3n) is 10.4. The van der Waals surface area contributed by atoms with Crippen LogP contribution < -0.4 is 4.74 Å². The Morgan fingerprint density at radius 3 is 1.62 bits per heavy atom. The predicted molar refractivity (Wildman–Crippen MR) is 216 cm³/mol. The second-order valence-electron chi connectivity index (χ2n) is 14.3. The summed E-state index contributed by atoms with van der Waals surface area (Å²) in [6.45, 7) is 3.00. The van der Waals surface area contributed by atoms with Crippen molar-refractivity contribution in [1.82, 2.24) is 0 Å². The maximum Gasteiger partial charge on any atom is 0.222 e. The third-order valence-corrected chi connectivity index (χ3v) is 10.4. The van der Waals surface area contributed by atoms with E-state index in [0.29, 0.717) is 31.6 Å². The van der Waals surface area contributed by atoms with Crippen LogP contribution in [0.5, 0.6) is 5.75 Å². The molecule has 1 fully saturated rings. The molecule has 0 amide bonds. The van der Waals surface area contributed by atoms with Crippen molar-refractivity contribution in [2.45, 2.75) is 76.2 Å². The number of hydrogen-bond donors (Lipinski definition) is 1. The SMILES string of the molecule is COc1ccc(Cc2cc(C3(O)OC(CCc4ccccc4)C(OCc4ccccc4)C(OCc4ccccc4)C3OCc3ccccc3)ccc2C)cc1. The summed E-state index contributed by atoms with van der Waals surface area (Å²) in [6.07, 6.45) is -0.795. The van der Waals surface area contributed by atoms with Crippen LogP contribution in [0.2, 0.25) is 0 Å². The maximum absolute atomic E-state index is 13.3. The van der Waals surface area contributed by atoms with Crippen molar-refractivity contribution >= 4 is 0 Å². The first-order chi connectivity index (χ1) is 27.0. The van der Waals surface area contributed by atoms with Gasteiger partial charge < -0.3 is 28.8 Å². The molecule has 6 aromatic rings. The predicted octanol–water partition coefficient (Wildman–Crippen LogP) is 9.53. The second-order valence-corrected chi connectivity index (χ2v) is 14.3. The second kappa shape index (κ2) is 18.5. The molecule has 0 bridgehead atoms. The minimum absolute atomic E-state index is 0.243. The van der Waals surface area contributed by atoms with Gasteiger partial charge in [-0.3, -0.25) is 0 Å².